The van der Waals surface area contributed by atoms with Crippen molar-refractivity contribution in [1.29, 1.82) is 0 Å². The summed E-state index contributed by atoms with van der Waals surface area (Å²) in [7, 11) is -3.48. The maximum atomic E-state index is 12.6. The maximum Gasteiger partial charge on any atom is 0.244 e. The Balaban J connectivity index is 2.41. The van der Waals surface area contributed by atoms with Gasteiger partial charge in [-0.25, -0.2) is 8.42 Å². The second kappa shape index (κ2) is 5.74. The molecule has 102 valence electrons. The first-order valence-corrected chi connectivity index (χ1v) is 7.68. The smallest absolute Gasteiger partial charge is 0.244 e. The van der Waals surface area contributed by atoms with Gasteiger partial charge in [0.25, 0.3) is 0 Å². The molecule has 2 rings (SSSR count). The highest BCUT2D eigenvalue weighted by Crippen LogP contribution is 2.25. The topological polar surface area (TPSA) is 57.6 Å². The lowest BCUT2D eigenvalue weighted by atomic mass is 10.2. The zero-order chi connectivity index (χ0) is 13.9. The molecule has 1 atom stereocenters. The molecule has 1 N–H and O–H groups in total. The lowest BCUT2D eigenvalue weighted by molar-refractivity contribution is 0.350. The lowest BCUT2D eigenvalue weighted by Crippen LogP contribution is -2.29. The van der Waals surface area contributed by atoms with Gasteiger partial charge in [-0.3, -0.25) is 0 Å². The molecule has 19 heavy (non-hydrogen) atoms. The van der Waals surface area contributed by atoms with Crippen molar-refractivity contribution in [2.24, 2.45) is 5.92 Å². The predicted octanol–water partition coefficient (Wildman–Crippen LogP) is 1.06. The van der Waals surface area contributed by atoms with Crippen LogP contribution in [-0.4, -0.2) is 37.5 Å². The fourth-order valence-corrected chi connectivity index (χ4v) is 3.90. The molecule has 1 aliphatic heterocycles. The number of benzene rings is 1. The number of aliphatic hydroxyl groups is 1. The molecule has 0 radical (unpaired) electrons. The highest BCUT2D eigenvalue weighted by Gasteiger charge is 2.31. The molecule has 4 nitrogen and oxygen atoms in total. The molecule has 1 fully saturated rings. The molecule has 1 heterocycles. The summed E-state index contributed by atoms with van der Waals surface area (Å²) in [6.45, 7) is 2.89. The number of hydrogen-bond acceptors (Lipinski definition) is 3. The Morgan fingerprint density at radius 3 is 2.79 bits per heavy atom. The number of sulfonamides is 1. The molecule has 5 heteroatoms. The Labute approximate surface area is 114 Å². The van der Waals surface area contributed by atoms with Gasteiger partial charge in [-0.15, -0.1) is 0 Å². The van der Waals surface area contributed by atoms with Crippen LogP contribution in [-0.2, 0) is 10.0 Å². The van der Waals surface area contributed by atoms with E-state index in [1.165, 1.54) is 4.31 Å². The van der Waals surface area contributed by atoms with Crippen LogP contribution >= 0.6 is 0 Å². The summed E-state index contributed by atoms with van der Waals surface area (Å²) in [5, 5.41) is 8.73. The van der Waals surface area contributed by atoms with E-state index in [4.69, 9.17) is 5.11 Å². The van der Waals surface area contributed by atoms with Crippen molar-refractivity contribution >= 4 is 10.0 Å². The molecule has 0 saturated carbocycles. The summed E-state index contributed by atoms with van der Waals surface area (Å²) in [6, 6.07) is 6.66. The van der Waals surface area contributed by atoms with E-state index in [2.05, 4.69) is 11.8 Å². The van der Waals surface area contributed by atoms with Gasteiger partial charge < -0.3 is 5.11 Å². The van der Waals surface area contributed by atoms with Crippen LogP contribution in [0, 0.1) is 17.8 Å². The van der Waals surface area contributed by atoms with E-state index >= 15 is 0 Å². The van der Waals surface area contributed by atoms with Gasteiger partial charge >= 0.3 is 0 Å². The number of aliphatic hydroxyl groups excluding tert-OH is 1. The van der Waals surface area contributed by atoms with E-state index in [-0.39, 0.29) is 11.5 Å². The van der Waals surface area contributed by atoms with E-state index in [1.54, 1.807) is 24.3 Å². The largest absolute Gasteiger partial charge is 0.384 e. The van der Waals surface area contributed by atoms with Crippen molar-refractivity contribution in [3.63, 3.8) is 0 Å². The van der Waals surface area contributed by atoms with Gasteiger partial charge in [0.05, 0.1) is 4.90 Å². The predicted molar refractivity (Wildman–Crippen MR) is 72.9 cm³/mol. The third kappa shape index (κ3) is 2.98. The third-order valence-electron chi connectivity index (χ3n) is 3.19. The highest BCUT2D eigenvalue weighted by molar-refractivity contribution is 7.89. The van der Waals surface area contributed by atoms with Crippen LogP contribution in [0.25, 0.3) is 0 Å². The summed E-state index contributed by atoms with van der Waals surface area (Å²) in [5.74, 6) is 5.59. The summed E-state index contributed by atoms with van der Waals surface area (Å²) >= 11 is 0. The SMILES string of the molecule is CC1CCN(S(=O)(=O)c2ccccc2C#CCO)C1. The molecule has 0 aliphatic carbocycles. The van der Waals surface area contributed by atoms with Crippen LogP contribution in [0.1, 0.15) is 18.9 Å². The quantitative estimate of drug-likeness (QED) is 0.824. The van der Waals surface area contributed by atoms with E-state index in [1.807, 2.05) is 6.92 Å². The zero-order valence-electron chi connectivity index (χ0n) is 10.8. The molecule has 1 aromatic carbocycles. The number of nitrogens with zero attached hydrogens (tertiary/aromatic N) is 1. The third-order valence-corrected chi connectivity index (χ3v) is 5.12. The van der Waals surface area contributed by atoms with E-state index in [9.17, 15) is 8.42 Å². The van der Waals surface area contributed by atoms with Crippen LogP contribution in [0.4, 0.5) is 0 Å². The van der Waals surface area contributed by atoms with Gasteiger partial charge in [0.1, 0.15) is 6.61 Å². The molecule has 0 aromatic heterocycles. The van der Waals surface area contributed by atoms with Crippen molar-refractivity contribution < 1.29 is 13.5 Å². The average molecular weight is 279 g/mol. The van der Waals surface area contributed by atoms with Crippen molar-refractivity contribution in [2.75, 3.05) is 19.7 Å². The Hall–Kier alpha value is -1.35. The maximum absolute atomic E-state index is 12.6. The summed E-state index contributed by atoms with van der Waals surface area (Å²) < 4.78 is 26.6. The first-order chi connectivity index (χ1) is 9.05. The van der Waals surface area contributed by atoms with Crippen LogP contribution in [0.3, 0.4) is 0 Å². The van der Waals surface area contributed by atoms with Crippen LogP contribution < -0.4 is 0 Å². The molecule has 1 aliphatic rings. The van der Waals surface area contributed by atoms with Crippen molar-refractivity contribution in [3.8, 4) is 11.8 Å². The average Bonchev–Trinajstić information content (AvgIpc) is 2.84. The summed E-state index contributed by atoms with van der Waals surface area (Å²) in [4.78, 5) is 0.227. The van der Waals surface area contributed by atoms with Gasteiger partial charge in [-0.05, 0) is 24.5 Å². The minimum absolute atomic E-state index is 0.227. The van der Waals surface area contributed by atoms with Crippen LogP contribution in [0.2, 0.25) is 0 Å². The van der Waals surface area contributed by atoms with Crippen molar-refractivity contribution in [2.45, 2.75) is 18.2 Å². The van der Waals surface area contributed by atoms with Gasteiger partial charge in [0.15, 0.2) is 0 Å². The van der Waals surface area contributed by atoms with Gasteiger partial charge in [-0.1, -0.05) is 30.9 Å². The lowest BCUT2D eigenvalue weighted by Gasteiger charge is -2.17. The molecular weight excluding hydrogens is 262 g/mol. The second-order valence-corrected chi connectivity index (χ2v) is 6.62. The Morgan fingerprint density at radius 1 is 1.42 bits per heavy atom. The first kappa shape index (κ1) is 14.1. The van der Waals surface area contributed by atoms with Crippen molar-refractivity contribution in [3.05, 3.63) is 29.8 Å². The van der Waals surface area contributed by atoms with Gasteiger partial charge in [0, 0.05) is 18.7 Å². The standard InChI is InChI=1S/C14H17NO3S/c1-12-8-9-15(11-12)19(17,18)14-7-3-2-5-13(14)6-4-10-16/h2-3,5,7,12,16H,8-11H2,1H3. The van der Waals surface area contributed by atoms with E-state index in [0.29, 0.717) is 24.6 Å². The van der Waals surface area contributed by atoms with Crippen LogP contribution in [0.15, 0.2) is 29.2 Å². The van der Waals surface area contributed by atoms with E-state index < -0.39 is 10.0 Å². The molecular formula is C14H17NO3S. The Morgan fingerprint density at radius 2 is 2.16 bits per heavy atom. The van der Waals surface area contributed by atoms with Gasteiger partial charge in [-0.2, -0.15) is 4.31 Å². The summed E-state index contributed by atoms with van der Waals surface area (Å²) in [5.41, 5.74) is 0.441. The molecule has 1 aromatic rings. The van der Waals surface area contributed by atoms with E-state index in [0.717, 1.165) is 6.42 Å². The fraction of sp³-hybridized carbons (Fsp3) is 0.429. The van der Waals surface area contributed by atoms with Crippen molar-refractivity contribution in [1.82, 2.24) is 4.31 Å². The molecule has 0 bridgehead atoms. The molecule has 0 amide bonds. The minimum atomic E-state index is -3.48. The molecule has 0 spiro atoms. The van der Waals surface area contributed by atoms with Crippen LogP contribution in [0.5, 0.6) is 0 Å². The monoisotopic (exact) mass is 279 g/mol. The number of hydrogen-bond donors (Lipinski definition) is 1. The normalized spacial score (nSPS) is 20.0. The molecule has 1 saturated heterocycles. The number of rotatable bonds is 2. The first-order valence-electron chi connectivity index (χ1n) is 6.24. The van der Waals surface area contributed by atoms with Gasteiger partial charge in [0.2, 0.25) is 10.0 Å². The fourth-order valence-electron chi connectivity index (χ4n) is 2.18. The molecule has 1 unspecified atom stereocenters. The Kier molecular flexibility index (Phi) is 4.25. The second-order valence-electron chi connectivity index (χ2n) is 4.71. The highest BCUT2D eigenvalue weighted by atomic mass is 32.2. The summed E-state index contributed by atoms with van der Waals surface area (Å²) in [6.07, 6.45) is 0.893. The Bertz CT molecular complexity index is 613. The minimum Gasteiger partial charge on any atom is -0.384 e. The zero-order valence-corrected chi connectivity index (χ0v) is 11.7.